The van der Waals surface area contributed by atoms with Crippen molar-refractivity contribution in [2.45, 2.75) is 18.4 Å². The monoisotopic (exact) mass is 322 g/mol. The molecule has 2 N–H and O–H groups in total. The van der Waals surface area contributed by atoms with Crippen LogP contribution in [0.3, 0.4) is 0 Å². The number of aromatic amines is 1. The number of H-pyrrole nitrogens is 1. The number of carbonyl (C=O) groups excluding carboxylic acids is 1. The Morgan fingerprint density at radius 2 is 2.09 bits per heavy atom. The number of nitrogens with zero attached hydrogens (tertiary/aromatic N) is 2. The molecule has 0 bridgehead atoms. The van der Waals surface area contributed by atoms with Crippen LogP contribution in [0.25, 0.3) is 0 Å². The zero-order chi connectivity index (χ0) is 16.2. The highest BCUT2D eigenvalue weighted by Crippen LogP contribution is 2.16. The van der Waals surface area contributed by atoms with E-state index in [0.29, 0.717) is 5.69 Å². The molecule has 0 saturated heterocycles. The maximum atomic E-state index is 12.2. The van der Waals surface area contributed by atoms with E-state index in [1.54, 1.807) is 6.07 Å². The first kappa shape index (κ1) is 16.2. The van der Waals surface area contributed by atoms with Gasteiger partial charge in [-0.1, -0.05) is 25.1 Å². The number of aromatic nitrogens is 2. The topological polar surface area (TPSA) is 95.2 Å². The number of para-hydroxylation sites is 1. The van der Waals surface area contributed by atoms with Gasteiger partial charge in [-0.2, -0.15) is 4.31 Å². The predicted molar refractivity (Wildman–Crippen MR) is 82.9 cm³/mol. The fourth-order valence-corrected chi connectivity index (χ4v) is 3.00. The van der Waals surface area contributed by atoms with Gasteiger partial charge in [0.05, 0.1) is 19.1 Å². The van der Waals surface area contributed by atoms with Crippen molar-refractivity contribution in [1.82, 2.24) is 14.3 Å². The Bertz CT molecular complexity index is 741. The van der Waals surface area contributed by atoms with Crippen molar-refractivity contribution < 1.29 is 13.2 Å². The SMILES string of the molecule is CCc1ccccc1NC(=O)CN(C)S(=O)(=O)c1cnc[nH]1. The summed E-state index contributed by atoms with van der Waals surface area (Å²) in [6, 6.07) is 7.42. The molecule has 0 radical (unpaired) electrons. The predicted octanol–water partition coefficient (Wildman–Crippen LogP) is 1.23. The van der Waals surface area contributed by atoms with Crippen molar-refractivity contribution in [1.29, 1.82) is 0 Å². The smallest absolute Gasteiger partial charge is 0.260 e. The summed E-state index contributed by atoms with van der Waals surface area (Å²) in [7, 11) is -2.40. The van der Waals surface area contributed by atoms with Gasteiger partial charge in [-0.05, 0) is 18.1 Å². The third-order valence-electron chi connectivity index (χ3n) is 3.20. The van der Waals surface area contributed by atoms with Gasteiger partial charge in [0, 0.05) is 12.7 Å². The molecule has 2 rings (SSSR count). The third kappa shape index (κ3) is 3.52. The first-order chi connectivity index (χ1) is 10.4. The maximum Gasteiger partial charge on any atom is 0.260 e. The van der Waals surface area contributed by atoms with E-state index in [-0.39, 0.29) is 11.6 Å². The summed E-state index contributed by atoms with van der Waals surface area (Å²) in [6.45, 7) is 1.71. The van der Waals surface area contributed by atoms with Crippen molar-refractivity contribution in [3.05, 3.63) is 42.4 Å². The fourth-order valence-electron chi connectivity index (χ4n) is 1.98. The standard InChI is InChI=1S/C14H18N4O3S/c1-3-11-6-4-5-7-12(11)17-13(19)9-18(2)22(20,21)14-8-15-10-16-14/h4-8,10H,3,9H2,1-2H3,(H,15,16)(H,17,19). The number of carbonyl (C=O) groups is 1. The number of rotatable bonds is 6. The number of nitrogens with one attached hydrogen (secondary N) is 2. The molecule has 7 nitrogen and oxygen atoms in total. The Morgan fingerprint density at radius 3 is 2.73 bits per heavy atom. The first-order valence-electron chi connectivity index (χ1n) is 6.77. The highest BCUT2D eigenvalue weighted by atomic mass is 32.2. The summed E-state index contributed by atoms with van der Waals surface area (Å²) < 4.78 is 25.3. The molecular weight excluding hydrogens is 304 g/mol. The van der Waals surface area contributed by atoms with Gasteiger partial charge in [-0.15, -0.1) is 0 Å². The summed E-state index contributed by atoms with van der Waals surface area (Å²) in [5.74, 6) is -0.397. The van der Waals surface area contributed by atoms with Crippen LogP contribution in [-0.4, -0.2) is 42.2 Å². The number of aryl methyl sites for hydroxylation is 1. The van der Waals surface area contributed by atoms with Crippen LogP contribution in [0.2, 0.25) is 0 Å². The number of likely N-dealkylation sites (N-methyl/N-ethyl adjacent to an activating group) is 1. The molecule has 1 amide bonds. The average molecular weight is 322 g/mol. The molecule has 0 spiro atoms. The summed E-state index contributed by atoms with van der Waals surface area (Å²) in [5, 5.41) is 2.69. The van der Waals surface area contributed by atoms with Gasteiger partial charge in [-0.3, -0.25) is 4.79 Å². The summed E-state index contributed by atoms with van der Waals surface area (Å²) in [6.07, 6.45) is 3.26. The molecule has 2 aromatic rings. The number of amides is 1. The van der Waals surface area contributed by atoms with Crippen LogP contribution in [0.4, 0.5) is 5.69 Å². The molecular formula is C14H18N4O3S. The van der Waals surface area contributed by atoms with E-state index in [2.05, 4.69) is 15.3 Å². The zero-order valence-corrected chi connectivity index (χ0v) is 13.2. The minimum Gasteiger partial charge on any atom is -0.335 e. The van der Waals surface area contributed by atoms with Gasteiger partial charge in [0.1, 0.15) is 0 Å². The highest BCUT2D eigenvalue weighted by molar-refractivity contribution is 7.89. The molecule has 22 heavy (non-hydrogen) atoms. The van der Waals surface area contributed by atoms with Crippen LogP contribution >= 0.6 is 0 Å². The summed E-state index contributed by atoms with van der Waals surface area (Å²) in [4.78, 5) is 18.3. The Balaban J connectivity index is 2.06. The van der Waals surface area contributed by atoms with Gasteiger partial charge >= 0.3 is 0 Å². The number of hydrogen-bond acceptors (Lipinski definition) is 4. The molecule has 0 fully saturated rings. The van der Waals surface area contributed by atoms with E-state index in [4.69, 9.17) is 0 Å². The van der Waals surface area contributed by atoms with E-state index >= 15 is 0 Å². The zero-order valence-electron chi connectivity index (χ0n) is 12.4. The number of imidazole rings is 1. The van der Waals surface area contributed by atoms with Crippen molar-refractivity contribution in [3.8, 4) is 0 Å². The Labute approximate surface area is 129 Å². The van der Waals surface area contributed by atoms with Crippen LogP contribution in [0, 0.1) is 0 Å². The Morgan fingerprint density at radius 1 is 1.36 bits per heavy atom. The van der Waals surface area contributed by atoms with E-state index in [9.17, 15) is 13.2 Å². The molecule has 8 heteroatoms. The van der Waals surface area contributed by atoms with Crippen molar-refractivity contribution in [2.24, 2.45) is 0 Å². The number of anilines is 1. The highest BCUT2D eigenvalue weighted by Gasteiger charge is 2.24. The normalized spacial score (nSPS) is 11.6. The lowest BCUT2D eigenvalue weighted by molar-refractivity contribution is -0.116. The van der Waals surface area contributed by atoms with Crippen molar-refractivity contribution in [2.75, 3.05) is 18.9 Å². The van der Waals surface area contributed by atoms with E-state index < -0.39 is 15.9 Å². The second-order valence-corrected chi connectivity index (χ2v) is 6.75. The van der Waals surface area contributed by atoms with Crippen molar-refractivity contribution >= 4 is 21.6 Å². The van der Waals surface area contributed by atoms with E-state index in [0.717, 1.165) is 16.3 Å². The largest absolute Gasteiger partial charge is 0.335 e. The lowest BCUT2D eigenvalue weighted by Gasteiger charge is -2.16. The van der Waals surface area contributed by atoms with E-state index in [1.165, 1.54) is 19.6 Å². The van der Waals surface area contributed by atoms with Gasteiger partial charge in [0.2, 0.25) is 5.91 Å². The van der Waals surface area contributed by atoms with Gasteiger partial charge in [0.25, 0.3) is 10.0 Å². The quantitative estimate of drug-likeness (QED) is 0.836. The molecule has 0 aliphatic carbocycles. The van der Waals surface area contributed by atoms with Crippen molar-refractivity contribution in [3.63, 3.8) is 0 Å². The molecule has 0 saturated carbocycles. The molecule has 0 aliphatic rings. The average Bonchev–Trinajstić information content (AvgIpc) is 3.02. The number of benzene rings is 1. The van der Waals surface area contributed by atoms with Crippen LogP contribution < -0.4 is 5.32 Å². The van der Waals surface area contributed by atoms with Gasteiger partial charge in [0.15, 0.2) is 5.03 Å². The third-order valence-corrected chi connectivity index (χ3v) is 4.93. The van der Waals surface area contributed by atoms with Gasteiger partial charge < -0.3 is 10.3 Å². The molecule has 0 unspecified atom stereocenters. The lowest BCUT2D eigenvalue weighted by atomic mass is 10.1. The Kier molecular flexibility index (Phi) is 4.94. The van der Waals surface area contributed by atoms with Gasteiger partial charge in [-0.25, -0.2) is 13.4 Å². The number of hydrogen-bond donors (Lipinski definition) is 2. The molecule has 1 heterocycles. The van der Waals surface area contributed by atoms with E-state index in [1.807, 2.05) is 25.1 Å². The second kappa shape index (κ2) is 6.71. The molecule has 0 aliphatic heterocycles. The lowest BCUT2D eigenvalue weighted by Crippen LogP contribution is -2.35. The number of sulfonamides is 1. The second-order valence-electron chi connectivity index (χ2n) is 4.74. The van der Waals surface area contributed by atoms with Crippen LogP contribution in [-0.2, 0) is 21.2 Å². The molecule has 0 atom stereocenters. The molecule has 1 aromatic heterocycles. The summed E-state index contributed by atoms with van der Waals surface area (Å²) >= 11 is 0. The maximum absolute atomic E-state index is 12.2. The molecule has 118 valence electrons. The minimum atomic E-state index is -3.74. The summed E-state index contributed by atoms with van der Waals surface area (Å²) in [5.41, 5.74) is 1.69. The van der Waals surface area contributed by atoms with Crippen LogP contribution in [0.5, 0.6) is 0 Å². The Hall–Kier alpha value is -2.19. The fraction of sp³-hybridized carbons (Fsp3) is 0.286. The minimum absolute atomic E-state index is 0.0447. The first-order valence-corrected chi connectivity index (χ1v) is 8.21. The molecule has 1 aromatic carbocycles. The van der Waals surface area contributed by atoms with Crippen LogP contribution in [0.1, 0.15) is 12.5 Å². The van der Waals surface area contributed by atoms with Crippen LogP contribution in [0.15, 0.2) is 41.8 Å².